The van der Waals surface area contributed by atoms with Crippen LogP contribution in [0.4, 0.5) is 5.82 Å². The number of aliphatic hydroxyl groups excluding tert-OH is 1. The SMILES string of the molecule is CCCC(C)N(C)c1ccc(CO)nn1. The fourth-order valence-corrected chi connectivity index (χ4v) is 1.46. The molecule has 4 heteroatoms. The predicted molar refractivity (Wildman–Crippen MR) is 60.7 cm³/mol. The zero-order chi connectivity index (χ0) is 11.3. The van der Waals surface area contributed by atoms with E-state index >= 15 is 0 Å². The highest BCUT2D eigenvalue weighted by Gasteiger charge is 2.10. The molecule has 1 aromatic rings. The van der Waals surface area contributed by atoms with Crippen molar-refractivity contribution in [2.45, 2.75) is 39.3 Å². The molecule has 0 saturated heterocycles. The Balaban J connectivity index is 2.69. The smallest absolute Gasteiger partial charge is 0.151 e. The summed E-state index contributed by atoms with van der Waals surface area (Å²) in [5, 5.41) is 16.8. The first-order chi connectivity index (χ1) is 7.19. The fraction of sp³-hybridized carbons (Fsp3) is 0.636. The molecular formula is C11H19N3O. The molecular weight excluding hydrogens is 190 g/mol. The van der Waals surface area contributed by atoms with Gasteiger partial charge in [0.2, 0.25) is 0 Å². The van der Waals surface area contributed by atoms with Crippen LogP contribution in [0, 0.1) is 0 Å². The summed E-state index contributed by atoms with van der Waals surface area (Å²) in [5.74, 6) is 0.855. The van der Waals surface area contributed by atoms with Gasteiger partial charge in [-0.2, -0.15) is 5.10 Å². The lowest BCUT2D eigenvalue weighted by molar-refractivity contribution is 0.275. The summed E-state index contributed by atoms with van der Waals surface area (Å²) in [4.78, 5) is 2.11. The van der Waals surface area contributed by atoms with Crippen LogP contribution < -0.4 is 4.90 Å². The molecule has 4 nitrogen and oxygen atoms in total. The number of hydrogen-bond acceptors (Lipinski definition) is 4. The summed E-state index contributed by atoms with van der Waals surface area (Å²) < 4.78 is 0. The first-order valence-electron chi connectivity index (χ1n) is 5.35. The summed E-state index contributed by atoms with van der Waals surface area (Å²) in [6.45, 7) is 4.29. The first kappa shape index (κ1) is 11.9. The van der Waals surface area contributed by atoms with Crippen molar-refractivity contribution in [3.05, 3.63) is 17.8 Å². The molecule has 1 atom stereocenters. The van der Waals surface area contributed by atoms with E-state index in [2.05, 4.69) is 28.9 Å². The molecule has 15 heavy (non-hydrogen) atoms. The summed E-state index contributed by atoms with van der Waals surface area (Å²) in [6.07, 6.45) is 2.30. The Morgan fingerprint density at radius 2 is 2.13 bits per heavy atom. The van der Waals surface area contributed by atoms with Crippen molar-refractivity contribution in [1.29, 1.82) is 0 Å². The maximum atomic E-state index is 8.84. The minimum Gasteiger partial charge on any atom is -0.390 e. The highest BCUT2D eigenvalue weighted by atomic mass is 16.3. The molecule has 1 rings (SSSR count). The molecule has 0 spiro atoms. The van der Waals surface area contributed by atoms with Crippen LogP contribution in [0.15, 0.2) is 12.1 Å². The number of aliphatic hydroxyl groups is 1. The van der Waals surface area contributed by atoms with Crippen molar-refractivity contribution in [3.63, 3.8) is 0 Å². The molecule has 0 aromatic carbocycles. The van der Waals surface area contributed by atoms with Crippen LogP contribution in [0.5, 0.6) is 0 Å². The molecule has 1 aromatic heterocycles. The Kier molecular flexibility index (Phi) is 4.49. The minimum absolute atomic E-state index is 0.0541. The zero-order valence-corrected chi connectivity index (χ0v) is 9.64. The van der Waals surface area contributed by atoms with Crippen LogP contribution in [0.1, 0.15) is 32.4 Å². The van der Waals surface area contributed by atoms with Crippen LogP contribution in [-0.4, -0.2) is 28.4 Å². The predicted octanol–water partition coefficient (Wildman–Crippen LogP) is 1.59. The van der Waals surface area contributed by atoms with E-state index in [-0.39, 0.29) is 6.61 Å². The highest BCUT2D eigenvalue weighted by Crippen LogP contribution is 2.13. The third-order valence-electron chi connectivity index (χ3n) is 2.60. The van der Waals surface area contributed by atoms with E-state index in [1.807, 2.05) is 13.1 Å². The lowest BCUT2D eigenvalue weighted by atomic mass is 10.2. The van der Waals surface area contributed by atoms with Crippen LogP contribution >= 0.6 is 0 Å². The summed E-state index contributed by atoms with van der Waals surface area (Å²) in [5.41, 5.74) is 0.607. The standard InChI is InChI=1S/C11H19N3O/c1-4-5-9(2)14(3)11-7-6-10(8-15)12-13-11/h6-7,9,15H,4-5,8H2,1-3H3. The lowest BCUT2D eigenvalue weighted by Gasteiger charge is -2.25. The van der Waals surface area contributed by atoms with E-state index in [9.17, 15) is 0 Å². The average molecular weight is 209 g/mol. The highest BCUT2D eigenvalue weighted by molar-refractivity contribution is 5.37. The largest absolute Gasteiger partial charge is 0.390 e. The van der Waals surface area contributed by atoms with Gasteiger partial charge in [0.25, 0.3) is 0 Å². The number of aromatic nitrogens is 2. The molecule has 0 amide bonds. The summed E-state index contributed by atoms with van der Waals surface area (Å²) >= 11 is 0. The van der Waals surface area contributed by atoms with E-state index in [0.29, 0.717) is 11.7 Å². The van der Waals surface area contributed by atoms with E-state index in [4.69, 9.17) is 5.11 Å². The normalized spacial score (nSPS) is 12.5. The lowest BCUT2D eigenvalue weighted by Crippen LogP contribution is -2.29. The summed E-state index contributed by atoms with van der Waals surface area (Å²) in [6, 6.07) is 4.16. The van der Waals surface area contributed by atoms with E-state index in [1.54, 1.807) is 6.07 Å². The second-order valence-corrected chi connectivity index (χ2v) is 3.79. The number of rotatable bonds is 5. The fourth-order valence-electron chi connectivity index (χ4n) is 1.46. The molecule has 0 fully saturated rings. The molecule has 0 aliphatic heterocycles. The summed E-state index contributed by atoms with van der Waals surface area (Å²) in [7, 11) is 2.02. The Morgan fingerprint density at radius 1 is 1.40 bits per heavy atom. The molecule has 1 unspecified atom stereocenters. The van der Waals surface area contributed by atoms with Gasteiger partial charge in [-0.3, -0.25) is 0 Å². The maximum absolute atomic E-state index is 8.84. The molecule has 84 valence electrons. The van der Waals surface area contributed by atoms with Crippen LogP contribution in [0.25, 0.3) is 0 Å². The second-order valence-electron chi connectivity index (χ2n) is 3.79. The molecule has 0 saturated carbocycles. The molecule has 0 aliphatic rings. The quantitative estimate of drug-likeness (QED) is 0.800. The number of nitrogens with zero attached hydrogens (tertiary/aromatic N) is 3. The second kappa shape index (κ2) is 5.66. The topological polar surface area (TPSA) is 49.2 Å². The van der Waals surface area contributed by atoms with Gasteiger partial charge in [0.15, 0.2) is 5.82 Å². The Bertz CT molecular complexity index is 286. The Labute approximate surface area is 90.9 Å². The number of hydrogen-bond donors (Lipinski definition) is 1. The van der Waals surface area contributed by atoms with Gasteiger partial charge in [0, 0.05) is 13.1 Å². The van der Waals surface area contributed by atoms with Gasteiger partial charge >= 0.3 is 0 Å². The zero-order valence-electron chi connectivity index (χ0n) is 9.64. The van der Waals surface area contributed by atoms with Gasteiger partial charge in [-0.1, -0.05) is 13.3 Å². The van der Waals surface area contributed by atoms with Crippen LogP contribution in [-0.2, 0) is 6.61 Å². The van der Waals surface area contributed by atoms with Gasteiger partial charge in [-0.05, 0) is 25.5 Å². The van der Waals surface area contributed by atoms with Crippen molar-refractivity contribution in [2.24, 2.45) is 0 Å². The first-order valence-corrected chi connectivity index (χ1v) is 5.35. The monoisotopic (exact) mass is 209 g/mol. The third kappa shape index (κ3) is 3.16. The van der Waals surface area contributed by atoms with Gasteiger partial charge in [-0.15, -0.1) is 5.10 Å². The average Bonchev–Trinajstić information content (AvgIpc) is 2.28. The van der Waals surface area contributed by atoms with Crippen molar-refractivity contribution < 1.29 is 5.11 Å². The van der Waals surface area contributed by atoms with E-state index < -0.39 is 0 Å². The Hall–Kier alpha value is -1.16. The molecule has 0 aliphatic carbocycles. The molecule has 0 radical (unpaired) electrons. The van der Waals surface area contributed by atoms with Crippen molar-refractivity contribution in [1.82, 2.24) is 10.2 Å². The van der Waals surface area contributed by atoms with Crippen LogP contribution in [0.3, 0.4) is 0 Å². The number of anilines is 1. The van der Waals surface area contributed by atoms with Gasteiger partial charge in [0.05, 0.1) is 12.3 Å². The van der Waals surface area contributed by atoms with Crippen molar-refractivity contribution in [2.75, 3.05) is 11.9 Å². The van der Waals surface area contributed by atoms with Gasteiger partial charge in [0.1, 0.15) is 0 Å². The minimum atomic E-state index is -0.0541. The molecule has 0 bridgehead atoms. The van der Waals surface area contributed by atoms with Crippen molar-refractivity contribution in [3.8, 4) is 0 Å². The molecule has 1 N–H and O–H groups in total. The van der Waals surface area contributed by atoms with E-state index in [1.165, 1.54) is 0 Å². The Morgan fingerprint density at radius 3 is 2.60 bits per heavy atom. The maximum Gasteiger partial charge on any atom is 0.151 e. The van der Waals surface area contributed by atoms with Crippen molar-refractivity contribution >= 4 is 5.82 Å². The molecule has 1 heterocycles. The van der Waals surface area contributed by atoms with E-state index in [0.717, 1.165) is 18.7 Å². The third-order valence-corrected chi connectivity index (χ3v) is 2.60. The van der Waals surface area contributed by atoms with Gasteiger partial charge in [-0.25, -0.2) is 0 Å². The van der Waals surface area contributed by atoms with Gasteiger partial charge < -0.3 is 10.0 Å². The van der Waals surface area contributed by atoms with Crippen LogP contribution in [0.2, 0.25) is 0 Å².